The van der Waals surface area contributed by atoms with E-state index in [-0.39, 0.29) is 58.1 Å². The fourth-order valence-electron chi connectivity index (χ4n) is 7.92. The molecule has 0 spiro atoms. The van der Waals surface area contributed by atoms with E-state index < -0.39 is 27.6 Å². The lowest BCUT2D eigenvalue weighted by Gasteiger charge is -2.31. The van der Waals surface area contributed by atoms with Gasteiger partial charge in [-0.2, -0.15) is 14.6 Å². The Hall–Kier alpha value is -6.67. The number of hydrogen-bond acceptors (Lipinski definition) is 13. The maximum atomic E-state index is 15.5. The number of nitrogens with one attached hydrogen (secondary N) is 3. The van der Waals surface area contributed by atoms with Crippen molar-refractivity contribution in [1.82, 2.24) is 49.1 Å². The number of fused-ring (bicyclic) bond motifs is 2. The summed E-state index contributed by atoms with van der Waals surface area (Å²) in [6.45, 7) is 5.55. The standard InChI is InChI=1S/C40H40FN11O7S/c1-22(2)58-36-35(25-18-43-44-19-25)42-21-51-37(36)47-39(48-51)45-29-7-6-27(17-28(29)41)60(56,57)34-11-5-26(59-34)20-50-14-12-23(13-15-50)24-4-8-30-32(16-24)49(3)40(55)52(30)31-9-10-33(53)46-38(31)54/h4-8,11,16-19,21-23,31H,9-10,12-15,20H2,1-3H3,(H,43,44)(H,45,48)(H,46,53,54)/t31-/m0/s1. The van der Waals surface area contributed by atoms with E-state index in [1.807, 2.05) is 32.0 Å². The van der Waals surface area contributed by atoms with E-state index in [0.29, 0.717) is 46.0 Å². The molecule has 0 aliphatic carbocycles. The van der Waals surface area contributed by atoms with Crippen LogP contribution < -0.4 is 21.1 Å². The van der Waals surface area contributed by atoms with Gasteiger partial charge in [0.2, 0.25) is 38.3 Å². The lowest BCUT2D eigenvalue weighted by Crippen LogP contribution is -2.44. The first-order valence-electron chi connectivity index (χ1n) is 19.4. The van der Waals surface area contributed by atoms with Crippen LogP contribution in [0.15, 0.2) is 86.5 Å². The molecule has 60 heavy (non-hydrogen) atoms. The minimum atomic E-state index is -4.20. The van der Waals surface area contributed by atoms with Gasteiger partial charge in [-0.15, -0.1) is 5.10 Å². The molecule has 0 unspecified atom stereocenters. The number of benzene rings is 2. The molecule has 2 amide bonds. The van der Waals surface area contributed by atoms with Crippen molar-refractivity contribution in [2.75, 3.05) is 18.4 Å². The zero-order chi connectivity index (χ0) is 41.9. The largest absolute Gasteiger partial charge is 0.485 e. The van der Waals surface area contributed by atoms with Crippen molar-refractivity contribution in [2.45, 2.75) is 74.1 Å². The summed E-state index contributed by atoms with van der Waals surface area (Å²) in [5.74, 6) is -0.564. The summed E-state index contributed by atoms with van der Waals surface area (Å²) in [6.07, 6.45) is 6.60. The highest BCUT2D eigenvalue weighted by atomic mass is 32.2. The number of anilines is 2. The Morgan fingerprint density at radius 1 is 1.03 bits per heavy atom. The van der Waals surface area contributed by atoms with Crippen LogP contribution in [-0.4, -0.2) is 83.2 Å². The molecule has 0 bridgehead atoms. The molecule has 18 nitrogen and oxygen atoms in total. The third-order valence-electron chi connectivity index (χ3n) is 10.9. The van der Waals surface area contributed by atoms with Crippen molar-refractivity contribution in [2.24, 2.45) is 7.05 Å². The molecule has 9 rings (SSSR count). The van der Waals surface area contributed by atoms with Gasteiger partial charge in [0.15, 0.2) is 5.75 Å². The van der Waals surface area contributed by atoms with Gasteiger partial charge >= 0.3 is 5.69 Å². The molecular weight excluding hydrogens is 798 g/mol. The number of H-pyrrole nitrogens is 1. The zero-order valence-electron chi connectivity index (χ0n) is 32.8. The Labute approximate surface area is 341 Å². The molecule has 7 heterocycles. The molecule has 310 valence electrons. The normalized spacial score (nSPS) is 16.9. The number of carbonyl (C=O) groups excluding carboxylic acids is 2. The number of carbonyl (C=O) groups is 2. The summed E-state index contributed by atoms with van der Waals surface area (Å²) in [6, 6.07) is 11.6. The van der Waals surface area contributed by atoms with Gasteiger partial charge in [0, 0.05) is 25.2 Å². The van der Waals surface area contributed by atoms with Gasteiger partial charge < -0.3 is 14.5 Å². The lowest BCUT2D eigenvalue weighted by atomic mass is 9.89. The number of halogens is 1. The number of likely N-dealkylation sites (tertiary alicyclic amines) is 1. The van der Waals surface area contributed by atoms with Gasteiger partial charge in [-0.05, 0) is 100 Å². The van der Waals surface area contributed by atoms with E-state index >= 15 is 4.39 Å². The quantitative estimate of drug-likeness (QED) is 0.152. The van der Waals surface area contributed by atoms with Crippen molar-refractivity contribution in [3.63, 3.8) is 0 Å². The topological polar surface area (TPSA) is 217 Å². The number of rotatable bonds is 11. The van der Waals surface area contributed by atoms with Crippen LogP contribution in [0.3, 0.4) is 0 Å². The van der Waals surface area contributed by atoms with Gasteiger partial charge in [0.1, 0.15) is 29.6 Å². The number of aryl methyl sites for hydroxylation is 1. The number of nitrogens with zero attached hydrogens (tertiary/aromatic N) is 8. The Balaban J connectivity index is 0.848. The molecule has 0 radical (unpaired) electrons. The number of aromatic amines is 1. The highest BCUT2D eigenvalue weighted by molar-refractivity contribution is 7.91. The molecule has 0 saturated carbocycles. The Bertz CT molecular complexity index is 2960. The molecule has 3 N–H and O–H groups in total. The van der Waals surface area contributed by atoms with E-state index in [2.05, 4.69) is 40.8 Å². The molecule has 5 aromatic heterocycles. The van der Waals surface area contributed by atoms with Crippen LogP contribution >= 0.6 is 0 Å². The molecule has 2 saturated heterocycles. The number of aromatic nitrogens is 8. The molecule has 7 aromatic rings. The molecule has 1 atom stereocenters. The fraction of sp³-hybridized carbons (Fsp3) is 0.325. The van der Waals surface area contributed by atoms with E-state index in [1.54, 1.807) is 25.5 Å². The van der Waals surface area contributed by atoms with Crippen LogP contribution in [0.2, 0.25) is 0 Å². The van der Waals surface area contributed by atoms with Crippen LogP contribution in [0.25, 0.3) is 27.9 Å². The van der Waals surface area contributed by atoms with Crippen LogP contribution in [0, 0.1) is 5.82 Å². The van der Waals surface area contributed by atoms with Gasteiger partial charge in [-0.25, -0.2) is 22.6 Å². The fourth-order valence-corrected chi connectivity index (χ4v) is 9.12. The molecule has 20 heteroatoms. The van der Waals surface area contributed by atoms with Gasteiger partial charge in [-0.3, -0.25) is 34.0 Å². The highest BCUT2D eigenvalue weighted by Gasteiger charge is 2.32. The highest BCUT2D eigenvalue weighted by Crippen LogP contribution is 2.35. The average molecular weight is 838 g/mol. The van der Waals surface area contributed by atoms with Crippen molar-refractivity contribution in [3.05, 3.63) is 94.9 Å². The predicted octanol–water partition coefficient (Wildman–Crippen LogP) is 4.62. The van der Waals surface area contributed by atoms with Gasteiger partial charge in [0.05, 0.1) is 40.5 Å². The van der Waals surface area contributed by atoms with Gasteiger partial charge in [-0.1, -0.05) is 6.07 Å². The number of amides is 2. The number of imide groups is 1. The third-order valence-corrected chi connectivity index (χ3v) is 12.6. The summed E-state index contributed by atoms with van der Waals surface area (Å²) >= 11 is 0. The second kappa shape index (κ2) is 15.2. The van der Waals surface area contributed by atoms with Crippen LogP contribution in [0.4, 0.5) is 16.0 Å². The SMILES string of the molecule is CC(C)Oc1c(-c2cn[nH]c2)ncn2nc(Nc3ccc(S(=O)(=O)c4ccc(CN5CCC(c6ccc7c(c6)n(C)c(=O)n7[C@H]6CCC(=O)NC6=O)CC5)o4)cc3F)nc12. The second-order valence-electron chi connectivity index (χ2n) is 15.2. The van der Waals surface area contributed by atoms with Crippen molar-refractivity contribution < 1.29 is 31.6 Å². The van der Waals surface area contributed by atoms with Crippen molar-refractivity contribution >= 4 is 50.0 Å². The molecule has 2 aromatic carbocycles. The minimum absolute atomic E-state index is 0.0405. The van der Waals surface area contributed by atoms with E-state index in [1.165, 1.54) is 38.2 Å². The second-order valence-corrected chi connectivity index (χ2v) is 17.1. The van der Waals surface area contributed by atoms with E-state index in [4.69, 9.17) is 9.15 Å². The van der Waals surface area contributed by atoms with E-state index in [9.17, 15) is 22.8 Å². The summed E-state index contributed by atoms with van der Waals surface area (Å²) < 4.78 is 59.0. The third kappa shape index (κ3) is 7.10. The molecule has 2 aliphatic rings. The van der Waals surface area contributed by atoms with Crippen LogP contribution in [0.1, 0.15) is 62.8 Å². The number of furan rings is 1. The minimum Gasteiger partial charge on any atom is -0.485 e. The monoisotopic (exact) mass is 837 g/mol. The maximum absolute atomic E-state index is 15.5. The van der Waals surface area contributed by atoms with E-state index in [0.717, 1.165) is 37.6 Å². The summed E-state index contributed by atoms with van der Waals surface area (Å²) in [5, 5.41) is 16.0. The van der Waals surface area contributed by atoms with Crippen LogP contribution in [0.5, 0.6) is 5.75 Å². The Kier molecular flexibility index (Phi) is 9.82. The maximum Gasteiger partial charge on any atom is 0.329 e. The number of sulfone groups is 1. The van der Waals surface area contributed by atoms with Crippen molar-refractivity contribution in [1.29, 1.82) is 0 Å². The first-order chi connectivity index (χ1) is 28.8. The smallest absolute Gasteiger partial charge is 0.329 e. The summed E-state index contributed by atoms with van der Waals surface area (Å²) in [7, 11) is -2.52. The molecular formula is C40H40FN11O7S. The number of piperidine rings is 2. The molecule has 2 aliphatic heterocycles. The lowest BCUT2D eigenvalue weighted by molar-refractivity contribution is -0.135. The number of ether oxygens (including phenoxy) is 1. The first-order valence-corrected chi connectivity index (χ1v) is 20.9. The van der Waals surface area contributed by atoms with Crippen molar-refractivity contribution in [3.8, 4) is 17.0 Å². The average Bonchev–Trinajstić information content (AvgIpc) is 4.05. The predicted molar refractivity (Wildman–Crippen MR) is 214 cm³/mol. The summed E-state index contributed by atoms with van der Waals surface area (Å²) in [4.78, 5) is 48.4. The number of imidazole rings is 1. The first kappa shape index (κ1) is 38.8. The Morgan fingerprint density at radius 3 is 2.58 bits per heavy atom. The van der Waals surface area contributed by atoms with Gasteiger partial charge in [0.25, 0.3) is 0 Å². The molecule has 2 fully saturated rings. The van der Waals surface area contributed by atoms with Crippen LogP contribution in [-0.2, 0) is 33.0 Å². The number of hydrogen-bond donors (Lipinski definition) is 3. The Morgan fingerprint density at radius 2 is 1.85 bits per heavy atom. The zero-order valence-corrected chi connectivity index (χ0v) is 33.6. The summed E-state index contributed by atoms with van der Waals surface area (Å²) in [5.41, 5.74) is 3.60.